The fourth-order valence-corrected chi connectivity index (χ4v) is 4.64. The van der Waals surface area contributed by atoms with E-state index in [9.17, 15) is 5.11 Å². The summed E-state index contributed by atoms with van der Waals surface area (Å²) in [6, 6.07) is 8.34. The number of nitrogens with zero attached hydrogens (tertiary/aromatic N) is 1. The molecule has 1 N–H and O–H groups in total. The van der Waals surface area contributed by atoms with Gasteiger partial charge in [0.15, 0.2) is 0 Å². The van der Waals surface area contributed by atoms with E-state index in [1.54, 1.807) is 0 Å². The van der Waals surface area contributed by atoms with E-state index in [-0.39, 0.29) is 5.41 Å². The molecule has 0 unspecified atom stereocenters. The van der Waals surface area contributed by atoms with E-state index in [1.807, 2.05) is 17.4 Å². The number of aliphatic hydroxyl groups is 1. The number of para-hydroxylation sites is 1. The van der Waals surface area contributed by atoms with Crippen LogP contribution in [0.15, 0.2) is 24.3 Å². The van der Waals surface area contributed by atoms with Gasteiger partial charge >= 0.3 is 0 Å². The molecule has 2 bridgehead atoms. The maximum absolute atomic E-state index is 9.27. The highest BCUT2D eigenvalue weighted by Crippen LogP contribution is 2.73. The number of hydrogen-bond acceptors (Lipinski definition) is 3. The van der Waals surface area contributed by atoms with E-state index in [0.717, 1.165) is 24.8 Å². The monoisotopic (exact) mass is 231 g/mol. The summed E-state index contributed by atoms with van der Waals surface area (Å²) in [7, 11) is 0. The molecule has 0 radical (unpaired) electrons. The minimum absolute atomic E-state index is 0.276. The normalized spacial score (nSPS) is 35.8. The Morgan fingerprint density at radius 3 is 2.69 bits per heavy atom. The minimum Gasteiger partial charge on any atom is -0.396 e. The quantitative estimate of drug-likeness (QED) is 0.862. The molecule has 0 aliphatic heterocycles. The summed E-state index contributed by atoms with van der Waals surface area (Å²) in [5.41, 5.74) is 1.75. The number of benzene rings is 1. The Hall–Kier alpha value is -0.930. The van der Waals surface area contributed by atoms with E-state index in [0.29, 0.717) is 12.0 Å². The summed E-state index contributed by atoms with van der Waals surface area (Å²) in [6.45, 7) is 0.361. The van der Waals surface area contributed by atoms with Gasteiger partial charge in [0.2, 0.25) is 0 Å². The van der Waals surface area contributed by atoms with E-state index in [4.69, 9.17) is 4.98 Å². The number of rotatable bonds is 2. The van der Waals surface area contributed by atoms with Crippen molar-refractivity contribution in [2.24, 2.45) is 5.41 Å². The first-order chi connectivity index (χ1) is 7.75. The van der Waals surface area contributed by atoms with Gasteiger partial charge in [0.05, 0.1) is 10.2 Å². The van der Waals surface area contributed by atoms with Crippen LogP contribution in [0.3, 0.4) is 0 Å². The zero-order valence-corrected chi connectivity index (χ0v) is 9.76. The minimum atomic E-state index is 0.276. The van der Waals surface area contributed by atoms with E-state index >= 15 is 0 Å². The molecule has 16 heavy (non-hydrogen) atoms. The Morgan fingerprint density at radius 1 is 1.25 bits per heavy atom. The molecule has 0 atom stereocenters. The molecule has 3 fully saturated rings. The van der Waals surface area contributed by atoms with Gasteiger partial charge in [-0.1, -0.05) is 12.1 Å². The van der Waals surface area contributed by atoms with Gasteiger partial charge in [-0.2, -0.15) is 0 Å². The highest BCUT2D eigenvalue weighted by Gasteiger charge is 2.69. The molecular formula is C13H13NOS. The molecule has 1 aromatic carbocycles. The van der Waals surface area contributed by atoms with Crippen molar-refractivity contribution in [2.45, 2.75) is 24.7 Å². The summed E-state index contributed by atoms with van der Waals surface area (Å²) in [6.07, 6.45) is 3.45. The van der Waals surface area contributed by atoms with Crippen LogP contribution in [0.25, 0.3) is 10.2 Å². The molecule has 5 rings (SSSR count). The van der Waals surface area contributed by atoms with Crippen LogP contribution >= 0.6 is 11.3 Å². The molecule has 2 aromatic rings. The van der Waals surface area contributed by atoms with Gasteiger partial charge in [-0.05, 0) is 36.8 Å². The van der Waals surface area contributed by atoms with Crippen molar-refractivity contribution >= 4 is 21.6 Å². The van der Waals surface area contributed by atoms with Crippen LogP contribution in [0.5, 0.6) is 0 Å². The van der Waals surface area contributed by atoms with Crippen molar-refractivity contribution in [3.63, 3.8) is 0 Å². The second-order valence-electron chi connectivity index (χ2n) is 5.46. The smallest absolute Gasteiger partial charge is 0.100 e. The Morgan fingerprint density at radius 2 is 2.00 bits per heavy atom. The Balaban J connectivity index is 1.74. The third-order valence-corrected chi connectivity index (χ3v) is 5.51. The molecule has 3 saturated carbocycles. The van der Waals surface area contributed by atoms with Crippen molar-refractivity contribution in [1.29, 1.82) is 0 Å². The van der Waals surface area contributed by atoms with Crippen LogP contribution in [0.1, 0.15) is 24.3 Å². The summed E-state index contributed by atoms with van der Waals surface area (Å²) in [5, 5.41) is 10.6. The van der Waals surface area contributed by atoms with E-state index < -0.39 is 0 Å². The Labute approximate surface area is 97.9 Å². The van der Waals surface area contributed by atoms with Crippen LogP contribution in [0, 0.1) is 5.41 Å². The van der Waals surface area contributed by atoms with Gasteiger partial charge in [-0.15, -0.1) is 11.3 Å². The lowest BCUT2D eigenvalue weighted by Crippen LogP contribution is -2.66. The third-order valence-electron chi connectivity index (χ3n) is 4.22. The van der Waals surface area contributed by atoms with Gasteiger partial charge in [-0.3, -0.25) is 0 Å². The average Bonchev–Trinajstić information content (AvgIpc) is 2.57. The number of hydrogen-bond donors (Lipinski definition) is 1. The summed E-state index contributed by atoms with van der Waals surface area (Å²) in [5.74, 6) is 0. The van der Waals surface area contributed by atoms with Crippen molar-refractivity contribution < 1.29 is 5.11 Å². The molecule has 3 heteroatoms. The molecular weight excluding hydrogens is 218 g/mol. The summed E-state index contributed by atoms with van der Waals surface area (Å²) >= 11 is 1.83. The molecule has 0 spiro atoms. The lowest BCUT2D eigenvalue weighted by molar-refractivity contribution is -0.167. The van der Waals surface area contributed by atoms with Gasteiger partial charge in [0.1, 0.15) is 5.01 Å². The second-order valence-corrected chi connectivity index (χ2v) is 6.49. The molecule has 2 nitrogen and oxygen atoms in total. The van der Waals surface area contributed by atoms with Crippen LogP contribution in [0.2, 0.25) is 0 Å². The topological polar surface area (TPSA) is 33.1 Å². The maximum atomic E-state index is 9.27. The lowest BCUT2D eigenvalue weighted by atomic mass is 9.35. The molecule has 3 aliphatic carbocycles. The lowest BCUT2D eigenvalue weighted by Gasteiger charge is -2.69. The predicted octanol–water partition coefficient (Wildman–Crippen LogP) is 2.71. The first kappa shape index (κ1) is 9.14. The molecule has 82 valence electrons. The number of fused-ring (bicyclic) bond motifs is 1. The Bertz CT molecular complexity index is 521. The molecule has 0 saturated heterocycles. The SMILES string of the molecule is OCC12CC(c3nc4ccccc4s3)(C1)C2. The summed E-state index contributed by atoms with van der Waals surface area (Å²) < 4.78 is 1.29. The molecule has 0 amide bonds. The van der Waals surface area contributed by atoms with Crippen molar-refractivity contribution in [3.05, 3.63) is 29.3 Å². The zero-order chi connectivity index (χ0) is 10.8. The average molecular weight is 231 g/mol. The van der Waals surface area contributed by atoms with Crippen LogP contribution in [0.4, 0.5) is 0 Å². The largest absolute Gasteiger partial charge is 0.396 e. The van der Waals surface area contributed by atoms with Crippen LogP contribution in [-0.4, -0.2) is 16.7 Å². The number of aromatic nitrogens is 1. The highest BCUT2D eigenvalue weighted by molar-refractivity contribution is 7.18. The van der Waals surface area contributed by atoms with Gasteiger partial charge in [-0.25, -0.2) is 4.98 Å². The van der Waals surface area contributed by atoms with E-state index in [1.165, 1.54) is 9.71 Å². The highest BCUT2D eigenvalue weighted by atomic mass is 32.1. The fourth-order valence-electron chi connectivity index (χ4n) is 3.49. The van der Waals surface area contributed by atoms with Gasteiger partial charge in [0.25, 0.3) is 0 Å². The van der Waals surface area contributed by atoms with Crippen molar-refractivity contribution in [3.8, 4) is 0 Å². The molecule has 1 heterocycles. The molecule has 3 aliphatic rings. The standard InChI is InChI=1S/C13H13NOS/c15-8-12-5-13(6-12,7-12)11-14-9-3-1-2-4-10(9)16-11/h1-4,15H,5-8H2. The predicted molar refractivity (Wildman–Crippen MR) is 64.7 cm³/mol. The zero-order valence-electron chi connectivity index (χ0n) is 8.94. The second kappa shape index (κ2) is 2.66. The first-order valence-corrected chi connectivity index (χ1v) is 6.54. The van der Waals surface area contributed by atoms with Crippen molar-refractivity contribution in [1.82, 2.24) is 4.98 Å². The number of thiazole rings is 1. The van der Waals surface area contributed by atoms with Crippen LogP contribution < -0.4 is 0 Å². The summed E-state index contributed by atoms with van der Waals surface area (Å²) in [4.78, 5) is 4.75. The fraction of sp³-hybridized carbons (Fsp3) is 0.462. The molecule has 1 aromatic heterocycles. The first-order valence-electron chi connectivity index (χ1n) is 5.72. The Kier molecular flexibility index (Phi) is 1.52. The third kappa shape index (κ3) is 0.937. The van der Waals surface area contributed by atoms with Gasteiger partial charge < -0.3 is 5.11 Å². The van der Waals surface area contributed by atoms with Gasteiger partial charge in [0, 0.05) is 12.0 Å². The van der Waals surface area contributed by atoms with Crippen LogP contribution in [-0.2, 0) is 5.41 Å². The number of aliphatic hydroxyl groups excluding tert-OH is 1. The maximum Gasteiger partial charge on any atom is 0.100 e. The van der Waals surface area contributed by atoms with Crippen molar-refractivity contribution in [2.75, 3.05) is 6.61 Å². The van der Waals surface area contributed by atoms with E-state index in [2.05, 4.69) is 18.2 Å².